The average Bonchev–Trinajstić information content (AvgIpc) is 2.85. The third kappa shape index (κ3) is 2.58. The summed E-state index contributed by atoms with van der Waals surface area (Å²) in [7, 11) is 0. The predicted octanol–water partition coefficient (Wildman–Crippen LogP) is 3.70. The van der Waals surface area contributed by atoms with Gasteiger partial charge in [-0.25, -0.2) is 4.98 Å². The lowest BCUT2D eigenvalue weighted by Gasteiger charge is -2.08. The fraction of sp³-hybridized carbons (Fsp3) is 0.133. The summed E-state index contributed by atoms with van der Waals surface area (Å²) in [5, 5.41) is 0.860. The first kappa shape index (κ1) is 12.9. The molecule has 0 aliphatic carbocycles. The Morgan fingerprint density at radius 3 is 2.90 bits per heavy atom. The monoisotopic (exact) mass is 285 g/mol. The Hall–Kier alpha value is -2.14. The number of anilines is 1. The molecule has 1 aromatic heterocycles. The number of nitrogen functional groups attached to an aromatic ring is 1. The highest BCUT2D eigenvalue weighted by molar-refractivity contribution is 7.99. The van der Waals surface area contributed by atoms with Gasteiger partial charge >= 0.3 is 0 Å². The summed E-state index contributed by atoms with van der Waals surface area (Å²) in [6.07, 6.45) is 0. The van der Waals surface area contributed by atoms with Crippen LogP contribution in [0.3, 0.4) is 0 Å². The van der Waals surface area contributed by atoms with Gasteiger partial charge in [0, 0.05) is 4.90 Å². The van der Waals surface area contributed by atoms with E-state index in [-0.39, 0.29) is 0 Å². The molecule has 4 nitrogen and oxygen atoms in total. The Morgan fingerprint density at radius 1 is 1.25 bits per heavy atom. The van der Waals surface area contributed by atoms with E-state index in [4.69, 9.17) is 10.5 Å². The van der Waals surface area contributed by atoms with Crippen molar-refractivity contribution < 1.29 is 4.74 Å². The summed E-state index contributed by atoms with van der Waals surface area (Å²) in [6, 6.07) is 13.7. The van der Waals surface area contributed by atoms with E-state index in [2.05, 4.69) is 9.97 Å². The molecule has 0 aliphatic rings. The van der Waals surface area contributed by atoms with Crippen molar-refractivity contribution in [2.45, 2.75) is 17.0 Å². The third-order valence-corrected chi connectivity index (χ3v) is 3.74. The van der Waals surface area contributed by atoms with Crippen LogP contribution in [0.5, 0.6) is 5.75 Å². The smallest absolute Gasteiger partial charge is 0.171 e. The first-order valence-electron chi connectivity index (χ1n) is 6.41. The Kier molecular flexibility index (Phi) is 3.52. The van der Waals surface area contributed by atoms with Crippen molar-refractivity contribution >= 4 is 28.5 Å². The number of para-hydroxylation sites is 2. The second-order valence-corrected chi connectivity index (χ2v) is 5.36. The van der Waals surface area contributed by atoms with Gasteiger partial charge in [0.05, 0.1) is 23.3 Å². The topological polar surface area (TPSA) is 63.9 Å². The molecule has 3 N–H and O–H groups in total. The highest BCUT2D eigenvalue weighted by Gasteiger charge is 2.07. The first-order valence-corrected chi connectivity index (χ1v) is 7.23. The summed E-state index contributed by atoms with van der Waals surface area (Å²) in [4.78, 5) is 8.87. The Bertz CT molecular complexity index is 706. The van der Waals surface area contributed by atoms with E-state index in [1.807, 2.05) is 49.4 Å². The van der Waals surface area contributed by atoms with Gasteiger partial charge < -0.3 is 15.5 Å². The minimum atomic E-state index is 0.600. The molecule has 0 spiro atoms. The number of fused-ring (bicyclic) bond motifs is 1. The maximum atomic E-state index is 5.87. The van der Waals surface area contributed by atoms with Crippen molar-refractivity contribution in [3.05, 3.63) is 42.5 Å². The number of hydrogen-bond acceptors (Lipinski definition) is 4. The van der Waals surface area contributed by atoms with E-state index >= 15 is 0 Å². The fourth-order valence-corrected chi connectivity index (χ4v) is 2.78. The SMILES string of the molecule is CCOc1cc(Sc2nc3ccccc3[nH]2)ccc1N. The number of aromatic amines is 1. The van der Waals surface area contributed by atoms with E-state index in [1.165, 1.54) is 0 Å². The maximum Gasteiger partial charge on any atom is 0.171 e. The summed E-state index contributed by atoms with van der Waals surface area (Å²) >= 11 is 1.56. The molecule has 5 heteroatoms. The molecular formula is C15H15N3OS. The molecular weight excluding hydrogens is 270 g/mol. The Morgan fingerprint density at radius 2 is 2.10 bits per heavy atom. The van der Waals surface area contributed by atoms with Crippen molar-refractivity contribution in [3.8, 4) is 5.75 Å². The van der Waals surface area contributed by atoms with Crippen LogP contribution >= 0.6 is 11.8 Å². The number of aromatic nitrogens is 2. The fourth-order valence-electron chi connectivity index (χ4n) is 1.95. The third-order valence-electron chi connectivity index (χ3n) is 2.87. The number of nitrogens with one attached hydrogen (secondary N) is 1. The van der Waals surface area contributed by atoms with Gasteiger partial charge in [-0.1, -0.05) is 23.9 Å². The molecule has 3 rings (SSSR count). The Balaban J connectivity index is 1.88. The van der Waals surface area contributed by atoms with Gasteiger partial charge in [0.2, 0.25) is 0 Å². The van der Waals surface area contributed by atoms with Crippen LogP contribution in [0.1, 0.15) is 6.92 Å². The normalized spacial score (nSPS) is 10.8. The molecule has 0 aliphatic heterocycles. The van der Waals surface area contributed by atoms with E-state index in [1.54, 1.807) is 11.8 Å². The summed E-state index contributed by atoms with van der Waals surface area (Å²) < 4.78 is 5.50. The number of rotatable bonds is 4. The molecule has 20 heavy (non-hydrogen) atoms. The average molecular weight is 285 g/mol. The molecule has 0 radical (unpaired) electrons. The second kappa shape index (κ2) is 5.46. The minimum Gasteiger partial charge on any atom is -0.492 e. The molecule has 3 aromatic rings. The van der Waals surface area contributed by atoms with Crippen LogP contribution < -0.4 is 10.5 Å². The minimum absolute atomic E-state index is 0.600. The number of ether oxygens (including phenoxy) is 1. The number of benzene rings is 2. The van der Waals surface area contributed by atoms with Gasteiger partial charge in [-0.05, 0) is 37.3 Å². The zero-order valence-electron chi connectivity index (χ0n) is 11.1. The van der Waals surface area contributed by atoms with Crippen LogP contribution in [0.4, 0.5) is 5.69 Å². The van der Waals surface area contributed by atoms with Gasteiger partial charge in [0.25, 0.3) is 0 Å². The van der Waals surface area contributed by atoms with E-state index in [9.17, 15) is 0 Å². The summed E-state index contributed by atoms with van der Waals surface area (Å²) in [5.74, 6) is 0.716. The molecule has 0 atom stereocenters. The van der Waals surface area contributed by atoms with Crippen molar-refractivity contribution in [2.75, 3.05) is 12.3 Å². The van der Waals surface area contributed by atoms with Gasteiger partial charge in [-0.2, -0.15) is 0 Å². The van der Waals surface area contributed by atoms with Crippen molar-refractivity contribution in [1.82, 2.24) is 9.97 Å². The quantitative estimate of drug-likeness (QED) is 0.717. The largest absolute Gasteiger partial charge is 0.492 e. The zero-order chi connectivity index (χ0) is 13.9. The second-order valence-electron chi connectivity index (χ2n) is 4.29. The van der Waals surface area contributed by atoms with Gasteiger partial charge in [0.1, 0.15) is 5.75 Å². The molecule has 0 amide bonds. The maximum absolute atomic E-state index is 5.87. The van der Waals surface area contributed by atoms with Crippen LogP contribution in [0, 0.1) is 0 Å². The number of imidazole rings is 1. The number of nitrogens with zero attached hydrogens (tertiary/aromatic N) is 1. The van der Waals surface area contributed by atoms with E-state index < -0.39 is 0 Å². The first-order chi connectivity index (χ1) is 9.76. The van der Waals surface area contributed by atoms with Crippen molar-refractivity contribution in [1.29, 1.82) is 0 Å². The molecule has 0 bridgehead atoms. The molecule has 0 saturated heterocycles. The van der Waals surface area contributed by atoms with Crippen LogP contribution in [0.25, 0.3) is 11.0 Å². The van der Waals surface area contributed by atoms with Crippen LogP contribution in [-0.4, -0.2) is 16.6 Å². The Labute approximate surface area is 121 Å². The molecule has 0 fully saturated rings. The predicted molar refractivity (Wildman–Crippen MR) is 82.2 cm³/mol. The van der Waals surface area contributed by atoms with Gasteiger partial charge in [-0.3, -0.25) is 0 Å². The molecule has 1 heterocycles. The number of hydrogen-bond donors (Lipinski definition) is 2. The molecule has 2 aromatic carbocycles. The standard InChI is InChI=1S/C15H15N3OS/c1-2-19-14-9-10(7-8-11(14)16)20-15-17-12-5-3-4-6-13(12)18-15/h3-9H,2,16H2,1H3,(H,17,18). The van der Waals surface area contributed by atoms with Crippen LogP contribution in [-0.2, 0) is 0 Å². The van der Waals surface area contributed by atoms with Gasteiger partial charge in [0.15, 0.2) is 5.16 Å². The van der Waals surface area contributed by atoms with Crippen molar-refractivity contribution in [3.63, 3.8) is 0 Å². The number of nitrogens with two attached hydrogens (primary N) is 1. The lowest BCUT2D eigenvalue weighted by atomic mass is 10.3. The lowest BCUT2D eigenvalue weighted by molar-refractivity contribution is 0.341. The highest BCUT2D eigenvalue weighted by Crippen LogP contribution is 2.32. The zero-order valence-corrected chi connectivity index (χ0v) is 11.9. The lowest BCUT2D eigenvalue weighted by Crippen LogP contribution is -1.96. The van der Waals surface area contributed by atoms with E-state index in [0.717, 1.165) is 21.1 Å². The van der Waals surface area contributed by atoms with Crippen LogP contribution in [0.15, 0.2) is 52.5 Å². The molecule has 0 saturated carbocycles. The number of H-pyrrole nitrogens is 1. The van der Waals surface area contributed by atoms with Crippen LogP contribution in [0.2, 0.25) is 0 Å². The summed E-state index contributed by atoms with van der Waals surface area (Å²) in [6.45, 7) is 2.54. The summed E-state index contributed by atoms with van der Waals surface area (Å²) in [5.41, 5.74) is 8.53. The van der Waals surface area contributed by atoms with Gasteiger partial charge in [-0.15, -0.1) is 0 Å². The highest BCUT2D eigenvalue weighted by atomic mass is 32.2. The molecule has 0 unspecified atom stereocenters. The molecule has 102 valence electrons. The van der Waals surface area contributed by atoms with E-state index in [0.29, 0.717) is 18.0 Å². The van der Waals surface area contributed by atoms with Crippen molar-refractivity contribution in [2.24, 2.45) is 0 Å².